The fraction of sp³-hybridized carbons (Fsp3) is 0.692. The third kappa shape index (κ3) is 2.82. The molecule has 20 heavy (non-hydrogen) atoms. The van der Waals surface area contributed by atoms with Gasteiger partial charge in [0.2, 0.25) is 17.7 Å². The van der Waals surface area contributed by atoms with E-state index in [0.717, 1.165) is 25.7 Å². The van der Waals surface area contributed by atoms with E-state index in [1.807, 2.05) is 0 Å². The molecule has 0 spiro atoms. The highest BCUT2D eigenvalue weighted by atomic mass is 32.1. The minimum absolute atomic E-state index is 0.102. The zero-order valence-electron chi connectivity index (χ0n) is 11.3. The molecule has 2 aliphatic rings. The van der Waals surface area contributed by atoms with Crippen molar-refractivity contribution in [1.29, 1.82) is 0 Å². The lowest BCUT2D eigenvalue weighted by Crippen LogP contribution is -2.59. The number of thiocarbonyl (C=S) groups is 1. The van der Waals surface area contributed by atoms with Crippen LogP contribution in [0.4, 0.5) is 0 Å². The summed E-state index contributed by atoms with van der Waals surface area (Å²) in [7, 11) is 0. The Hall–Kier alpha value is -1.50. The Morgan fingerprint density at radius 1 is 1.10 bits per heavy atom. The van der Waals surface area contributed by atoms with Crippen molar-refractivity contribution in [3.8, 4) is 0 Å². The van der Waals surface area contributed by atoms with E-state index in [9.17, 15) is 14.4 Å². The minimum atomic E-state index is -0.885. The van der Waals surface area contributed by atoms with Gasteiger partial charge in [-0.15, -0.1) is 0 Å². The fourth-order valence-electron chi connectivity index (χ4n) is 2.98. The summed E-state index contributed by atoms with van der Waals surface area (Å²) in [5, 5.41) is 2.19. The predicted molar refractivity (Wildman–Crippen MR) is 76.7 cm³/mol. The van der Waals surface area contributed by atoms with E-state index in [-0.39, 0.29) is 24.0 Å². The van der Waals surface area contributed by atoms with Crippen LogP contribution >= 0.6 is 12.2 Å². The molecule has 1 saturated heterocycles. The molecule has 1 aliphatic carbocycles. The largest absolute Gasteiger partial charge is 0.392 e. The maximum Gasteiger partial charge on any atom is 0.246 e. The number of nitrogens with two attached hydrogens (primary N) is 1. The second-order valence-corrected chi connectivity index (χ2v) is 5.93. The van der Waals surface area contributed by atoms with Gasteiger partial charge in [-0.05, 0) is 12.8 Å². The maximum absolute atomic E-state index is 12.8. The van der Waals surface area contributed by atoms with Crippen molar-refractivity contribution in [1.82, 2.24) is 10.2 Å². The number of hydrogen-bond donors (Lipinski definition) is 2. The standard InChI is InChI=1S/C13H19N3O3S/c14-11(20)13(5-3-1-2-4-6-13)12(19)16-7-9(17)15-10(18)8-16/h1-8H2,(H2,14,20)(H,15,17,18). The molecule has 0 unspecified atom stereocenters. The topological polar surface area (TPSA) is 92.5 Å². The number of nitrogens with zero attached hydrogens (tertiary/aromatic N) is 1. The van der Waals surface area contributed by atoms with Crippen LogP contribution < -0.4 is 11.1 Å². The van der Waals surface area contributed by atoms with Crippen LogP contribution in [-0.2, 0) is 14.4 Å². The van der Waals surface area contributed by atoms with Gasteiger partial charge in [-0.1, -0.05) is 37.9 Å². The molecule has 3 N–H and O–H groups in total. The summed E-state index contributed by atoms with van der Waals surface area (Å²) in [4.78, 5) is 37.1. The lowest BCUT2D eigenvalue weighted by Gasteiger charge is -2.36. The molecule has 0 radical (unpaired) electrons. The Labute approximate surface area is 123 Å². The number of carbonyl (C=O) groups is 3. The molecule has 0 aromatic rings. The lowest BCUT2D eigenvalue weighted by molar-refractivity contribution is -0.149. The average molecular weight is 297 g/mol. The molecule has 0 atom stereocenters. The third-order valence-electron chi connectivity index (χ3n) is 4.07. The SMILES string of the molecule is NC(=S)C1(C(=O)N2CC(=O)NC(=O)C2)CCCCCC1. The first-order valence-corrected chi connectivity index (χ1v) is 7.28. The first-order valence-electron chi connectivity index (χ1n) is 6.88. The summed E-state index contributed by atoms with van der Waals surface area (Å²) in [6.07, 6.45) is 5.09. The van der Waals surface area contributed by atoms with Crippen molar-refractivity contribution in [2.75, 3.05) is 13.1 Å². The van der Waals surface area contributed by atoms with Crippen LogP contribution in [0.2, 0.25) is 0 Å². The van der Waals surface area contributed by atoms with Gasteiger partial charge in [-0.25, -0.2) is 0 Å². The molecule has 110 valence electrons. The quantitative estimate of drug-likeness (QED) is 0.428. The van der Waals surface area contributed by atoms with E-state index >= 15 is 0 Å². The molecule has 3 amide bonds. The van der Waals surface area contributed by atoms with Gasteiger partial charge in [0.15, 0.2) is 0 Å². The first kappa shape index (κ1) is 14.9. The van der Waals surface area contributed by atoms with Crippen molar-refractivity contribution >= 4 is 34.9 Å². The second-order valence-electron chi connectivity index (χ2n) is 5.49. The van der Waals surface area contributed by atoms with Crippen LogP contribution in [-0.4, -0.2) is 40.7 Å². The number of rotatable bonds is 2. The average Bonchev–Trinajstić information content (AvgIpc) is 2.63. The van der Waals surface area contributed by atoms with Gasteiger partial charge < -0.3 is 10.6 Å². The summed E-state index contributed by atoms with van der Waals surface area (Å²) in [6, 6.07) is 0. The summed E-state index contributed by atoms with van der Waals surface area (Å²) in [5.41, 5.74) is 4.96. The van der Waals surface area contributed by atoms with Crippen molar-refractivity contribution in [3.05, 3.63) is 0 Å². The van der Waals surface area contributed by atoms with Crippen LogP contribution in [0.25, 0.3) is 0 Å². The van der Waals surface area contributed by atoms with E-state index in [1.165, 1.54) is 4.90 Å². The molecule has 0 aromatic heterocycles. The van der Waals surface area contributed by atoms with Crippen LogP contribution in [0.1, 0.15) is 38.5 Å². The van der Waals surface area contributed by atoms with E-state index in [4.69, 9.17) is 18.0 Å². The third-order valence-corrected chi connectivity index (χ3v) is 4.46. The second kappa shape index (κ2) is 5.87. The summed E-state index contributed by atoms with van der Waals surface area (Å²) in [5.74, 6) is -1.18. The first-order chi connectivity index (χ1) is 9.45. The van der Waals surface area contributed by atoms with Gasteiger partial charge >= 0.3 is 0 Å². The minimum Gasteiger partial charge on any atom is -0.392 e. The summed E-state index contributed by atoms with van der Waals surface area (Å²) in [6.45, 7) is -0.204. The van der Waals surface area contributed by atoms with Gasteiger partial charge in [0.05, 0.1) is 10.4 Å². The van der Waals surface area contributed by atoms with E-state index in [2.05, 4.69) is 5.32 Å². The number of carbonyl (C=O) groups excluding carboxylic acids is 3. The Kier molecular flexibility index (Phi) is 4.37. The van der Waals surface area contributed by atoms with Crippen molar-refractivity contribution < 1.29 is 14.4 Å². The fourth-order valence-corrected chi connectivity index (χ4v) is 3.27. The molecular formula is C13H19N3O3S. The molecule has 1 aliphatic heterocycles. The molecule has 1 heterocycles. The maximum atomic E-state index is 12.8. The van der Waals surface area contributed by atoms with Gasteiger partial charge in [0.1, 0.15) is 13.1 Å². The van der Waals surface area contributed by atoms with Gasteiger partial charge in [0, 0.05) is 0 Å². The van der Waals surface area contributed by atoms with Crippen molar-refractivity contribution in [3.63, 3.8) is 0 Å². The number of nitrogens with one attached hydrogen (secondary N) is 1. The zero-order chi connectivity index (χ0) is 14.8. The van der Waals surface area contributed by atoms with Crippen LogP contribution in [0.15, 0.2) is 0 Å². The van der Waals surface area contributed by atoms with Crippen LogP contribution in [0.3, 0.4) is 0 Å². The Morgan fingerprint density at radius 3 is 2.05 bits per heavy atom. The van der Waals surface area contributed by atoms with Crippen molar-refractivity contribution in [2.45, 2.75) is 38.5 Å². The number of amides is 3. The molecule has 7 heteroatoms. The smallest absolute Gasteiger partial charge is 0.246 e. The van der Waals surface area contributed by atoms with E-state index in [0.29, 0.717) is 12.8 Å². The Balaban J connectivity index is 2.24. The highest BCUT2D eigenvalue weighted by Gasteiger charge is 2.45. The number of piperazine rings is 1. The molecule has 2 fully saturated rings. The molecule has 6 nitrogen and oxygen atoms in total. The summed E-state index contributed by atoms with van der Waals surface area (Å²) < 4.78 is 0. The van der Waals surface area contributed by atoms with Gasteiger partial charge in [-0.2, -0.15) is 0 Å². The molecule has 2 rings (SSSR count). The normalized spacial score (nSPS) is 22.9. The molecule has 0 aromatic carbocycles. The Bertz CT molecular complexity index is 440. The lowest BCUT2D eigenvalue weighted by atomic mass is 9.78. The molecular weight excluding hydrogens is 278 g/mol. The summed E-state index contributed by atoms with van der Waals surface area (Å²) >= 11 is 5.14. The van der Waals surface area contributed by atoms with Crippen LogP contribution in [0.5, 0.6) is 0 Å². The monoisotopic (exact) mass is 297 g/mol. The van der Waals surface area contributed by atoms with Gasteiger partial charge in [-0.3, -0.25) is 19.7 Å². The molecule has 1 saturated carbocycles. The van der Waals surface area contributed by atoms with Crippen LogP contribution in [0, 0.1) is 5.41 Å². The highest BCUT2D eigenvalue weighted by molar-refractivity contribution is 7.80. The van der Waals surface area contributed by atoms with Gasteiger partial charge in [0.25, 0.3) is 0 Å². The number of hydrogen-bond acceptors (Lipinski definition) is 4. The Morgan fingerprint density at radius 2 is 1.60 bits per heavy atom. The van der Waals surface area contributed by atoms with E-state index < -0.39 is 17.2 Å². The van der Waals surface area contributed by atoms with Crippen molar-refractivity contribution in [2.24, 2.45) is 11.1 Å². The predicted octanol–water partition coefficient (Wildman–Crippen LogP) is 0.0981. The highest BCUT2D eigenvalue weighted by Crippen LogP contribution is 2.37. The number of imide groups is 1. The molecule has 0 bridgehead atoms. The van der Waals surface area contributed by atoms with E-state index in [1.54, 1.807) is 0 Å². The zero-order valence-corrected chi connectivity index (χ0v) is 12.1.